The van der Waals surface area contributed by atoms with Gasteiger partial charge in [-0.05, 0) is 12.8 Å². The van der Waals surface area contributed by atoms with Gasteiger partial charge in [-0.2, -0.15) is 5.10 Å². The van der Waals surface area contributed by atoms with E-state index in [2.05, 4.69) is 10.4 Å². The molecule has 1 unspecified atom stereocenters. The molecular weight excluding hydrogens is 190 g/mol. The molecule has 1 rings (SSSR count). The number of rotatable bonds is 5. The van der Waals surface area contributed by atoms with Gasteiger partial charge in [-0.15, -0.1) is 0 Å². The van der Waals surface area contributed by atoms with Gasteiger partial charge in [-0.25, -0.2) is 0 Å². The van der Waals surface area contributed by atoms with Crippen molar-refractivity contribution in [1.82, 2.24) is 15.1 Å². The van der Waals surface area contributed by atoms with E-state index in [4.69, 9.17) is 0 Å². The summed E-state index contributed by atoms with van der Waals surface area (Å²) in [6, 6.07) is 0. The standard InChI is InChI=1S/C11H21N3O/c1-8(2)11(15)6-12-5-10-7-14(4)13-9(10)3/h7-8,11-12,15H,5-6H2,1-4H3. The molecule has 0 saturated heterocycles. The van der Waals surface area contributed by atoms with Crippen LogP contribution in [-0.2, 0) is 13.6 Å². The zero-order chi connectivity index (χ0) is 11.4. The predicted molar refractivity (Wildman–Crippen MR) is 60.5 cm³/mol. The fourth-order valence-corrected chi connectivity index (χ4v) is 1.41. The smallest absolute Gasteiger partial charge is 0.0687 e. The largest absolute Gasteiger partial charge is 0.392 e. The fraction of sp³-hybridized carbons (Fsp3) is 0.727. The minimum atomic E-state index is -0.276. The van der Waals surface area contributed by atoms with Crippen molar-refractivity contribution in [3.63, 3.8) is 0 Å². The molecule has 1 atom stereocenters. The maximum atomic E-state index is 9.60. The van der Waals surface area contributed by atoms with Crippen LogP contribution in [0.3, 0.4) is 0 Å². The van der Waals surface area contributed by atoms with Crippen LogP contribution in [0.4, 0.5) is 0 Å². The van der Waals surface area contributed by atoms with Gasteiger partial charge in [-0.1, -0.05) is 13.8 Å². The molecule has 0 fully saturated rings. The summed E-state index contributed by atoms with van der Waals surface area (Å²) in [5.41, 5.74) is 2.23. The third kappa shape index (κ3) is 3.64. The molecule has 1 aromatic heterocycles. The maximum Gasteiger partial charge on any atom is 0.0687 e. The molecule has 1 aromatic rings. The highest BCUT2D eigenvalue weighted by Crippen LogP contribution is 2.04. The first-order valence-electron chi connectivity index (χ1n) is 5.38. The summed E-state index contributed by atoms with van der Waals surface area (Å²) >= 11 is 0. The SMILES string of the molecule is Cc1nn(C)cc1CNCC(O)C(C)C. The van der Waals surface area contributed by atoms with Crippen LogP contribution in [0.2, 0.25) is 0 Å². The Morgan fingerprint density at radius 3 is 2.67 bits per heavy atom. The lowest BCUT2D eigenvalue weighted by atomic mass is 10.1. The van der Waals surface area contributed by atoms with Crippen LogP contribution in [0, 0.1) is 12.8 Å². The van der Waals surface area contributed by atoms with Gasteiger partial charge in [0.25, 0.3) is 0 Å². The van der Waals surface area contributed by atoms with Crippen LogP contribution in [0.25, 0.3) is 0 Å². The van der Waals surface area contributed by atoms with Crippen molar-refractivity contribution in [2.45, 2.75) is 33.4 Å². The van der Waals surface area contributed by atoms with Gasteiger partial charge in [0.15, 0.2) is 0 Å². The van der Waals surface area contributed by atoms with Crippen LogP contribution in [0.5, 0.6) is 0 Å². The number of aromatic nitrogens is 2. The van der Waals surface area contributed by atoms with Crippen LogP contribution in [0.15, 0.2) is 6.20 Å². The second-order valence-corrected chi connectivity index (χ2v) is 4.36. The highest BCUT2D eigenvalue weighted by molar-refractivity contribution is 5.14. The monoisotopic (exact) mass is 211 g/mol. The van der Waals surface area contributed by atoms with Crippen LogP contribution < -0.4 is 5.32 Å². The number of nitrogens with one attached hydrogen (secondary N) is 1. The van der Waals surface area contributed by atoms with Crippen molar-refractivity contribution in [1.29, 1.82) is 0 Å². The minimum Gasteiger partial charge on any atom is -0.392 e. The summed E-state index contributed by atoms with van der Waals surface area (Å²) < 4.78 is 1.81. The van der Waals surface area contributed by atoms with Crippen molar-refractivity contribution in [3.05, 3.63) is 17.5 Å². The van der Waals surface area contributed by atoms with Gasteiger partial charge in [0.1, 0.15) is 0 Å². The van der Waals surface area contributed by atoms with Crippen LogP contribution >= 0.6 is 0 Å². The number of nitrogens with zero attached hydrogens (tertiary/aromatic N) is 2. The van der Waals surface area contributed by atoms with E-state index in [0.717, 1.165) is 12.2 Å². The van der Waals surface area contributed by atoms with E-state index in [-0.39, 0.29) is 6.10 Å². The Labute approximate surface area is 91.3 Å². The number of aryl methyl sites for hydroxylation is 2. The van der Waals surface area contributed by atoms with Gasteiger partial charge in [0.05, 0.1) is 11.8 Å². The molecule has 0 radical (unpaired) electrons. The van der Waals surface area contributed by atoms with Crippen molar-refractivity contribution in [2.24, 2.45) is 13.0 Å². The Morgan fingerprint density at radius 1 is 1.53 bits per heavy atom. The van der Waals surface area contributed by atoms with Crippen LogP contribution in [0.1, 0.15) is 25.1 Å². The van der Waals surface area contributed by atoms with Gasteiger partial charge in [0, 0.05) is 31.9 Å². The molecule has 2 N–H and O–H groups in total. The van der Waals surface area contributed by atoms with Gasteiger partial charge in [0.2, 0.25) is 0 Å². The first kappa shape index (κ1) is 12.2. The topological polar surface area (TPSA) is 50.1 Å². The summed E-state index contributed by atoms with van der Waals surface area (Å²) in [5, 5.41) is 17.1. The number of aliphatic hydroxyl groups excluding tert-OH is 1. The minimum absolute atomic E-state index is 0.276. The highest BCUT2D eigenvalue weighted by atomic mass is 16.3. The average Bonchev–Trinajstić information content (AvgIpc) is 2.45. The Balaban J connectivity index is 2.35. The van der Waals surface area contributed by atoms with E-state index < -0.39 is 0 Å². The predicted octanol–water partition coefficient (Wildman–Crippen LogP) is 0.835. The van der Waals surface area contributed by atoms with Crippen LogP contribution in [-0.4, -0.2) is 27.5 Å². The quantitative estimate of drug-likeness (QED) is 0.758. The molecule has 4 heteroatoms. The Bertz CT molecular complexity index is 307. The van der Waals surface area contributed by atoms with Crippen molar-refractivity contribution in [3.8, 4) is 0 Å². The molecule has 0 bridgehead atoms. The second kappa shape index (κ2) is 5.28. The third-order valence-corrected chi connectivity index (χ3v) is 2.55. The Hall–Kier alpha value is -0.870. The first-order valence-corrected chi connectivity index (χ1v) is 5.38. The van der Waals surface area contributed by atoms with E-state index >= 15 is 0 Å². The third-order valence-electron chi connectivity index (χ3n) is 2.55. The van der Waals surface area contributed by atoms with Crippen molar-refractivity contribution < 1.29 is 5.11 Å². The number of aliphatic hydroxyl groups is 1. The molecule has 0 spiro atoms. The highest BCUT2D eigenvalue weighted by Gasteiger charge is 2.09. The summed E-state index contributed by atoms with van der Waals surface area (Å²) in [6.45, 7) is 7.43. The average molecular weight is 211 g/mol. The Morgan fingerprint density at radius 2 is 2.20 bits per heavy atom. The molecule has 15 heavy (non-hydrogen) atoms. The van der Waals surface area contributed by atoms with Gasteiger partial charge < -0.3 is 10.4 Å². The first-order chi connectivity index (χ1) is 7.00. The molecule has 0 aliphatic heterocycles. The fourth-order valence-electron chi connectivity index (χ4n) is 1.41. The summed E-state index contributed by atoms with van der Waals surface area (Å²) in [6.07, 6.45) is 1.73. The van der Waals surface area contributed by atoms with Gasteiger partial charge in [-0.3, -0.25) is 4.68 Å². The van der Waals surface area contributed by atoms with Crippen molar-refractivity contribution in [2.75, 3.05) is 6.54 Å². The van der Waals surface area contributed by atoms with E-state index in [9.17, 15) is 5.11 Å². The van der Waals surface area contributed by atoms with E-state index in [1.807, 2.05) is 38.7 Å². The zero-order valence-electron chi connectivity index (χ0n) is 9.99. The van der Waals surface area contributed by atoms with E-state index in [1.165, 1.54) is 5.56 Å². The van der Waals surface area contributed by atoms with E-state index in [1.54, 1.807) is 0 Å². The summed E-state index contributed by atoms with van der Waals surface area (Å²) in [5.74, 6) is 0.299. The molecule has 0 amide bonds. The lowest BCUT2D eigenvalue weighted by molar-refractivity contribution is 0.123. The normalized spacial score (nSPS) is 13.5. The summed E-state index contributed by atoms with van der Waals surface area (Å²) in [4.78, 5) is 0. The maximum absolute atomic E-state index is 9.60. The molecule has 0 aliphatic rings. The van der Waals surface area contributed by atoms with Crippen molar-refractivity contribution >= 4 is 0 Å². The second-order valence-electron chi connectivity index (χ2n) is 4.36. The zero-order valence-corrected chi connectivity index (χ0v) is 9.99. The number of hydrogen-bond acceptors (Lipinski definition) is 3. The summed E-state index contributed by atoms with van der Waals surface area (Å²) in [7, 11) is 1.92. The molecule has 0 aromatic carbocycles. The molecule has 4 nitrogen and oxygen atoms in total. The molecule has 1 heterocycles. The molecule has 86 valence electrons. The number of hydrogen-bond donors (Lipinski definition) is 2. The Kier molecular flexibility index (Phi) is 4.29. The molecule has 0 aliphatic carbocycles. The van der Waals surface area contributed by atoms with E-state index in [0.29, 0.717) is 12.5 Å². The lowest BCUT2D eigenvalue weighted by Gasteiger charge is -2.14. The van der Waals surface area contributed by atoms with Gasteiger partial charge >= 0.3 is 0 Å². The lowest BCUT2D eigenvalue weighted by Crippen LogP contribution is -2.30. The molecule has 0 saturated carbocycles. The molecular formula is C11H21N3O.